The van der Waals surface area contributed by atoms with Gasteiger partial charge in [-0.25, -0.2) is 4.98 Å². The Morgan fingerprint density at radius 1 is 1.47 bits per heavy atom. The van der Waals surface area contributed by atoms with Gasteiger partial charge in [-0.15, -0.1) is 11.8 Å². The van der Waals surface area contributed by atoms with Crippen molar-refractivity contribution < 1.29 is 14.6 Å². The standard InChI is InChI=1S/C14H15NO3S/c1-3-18-11-6-4-5-10-12(19-8-13(16)17)7-9(2)15-14(10)11/h4-7H,3,8H2,1-2H3,(H,16,17). The summed E-state index contributed by atoms with van der Waals surface area (Å²) < 4.78 is 5.57. The van der Waals surface area contributed by atoms with Crippen molar-refractivity contribution in [2.45, 2.75) is 18.7 Å². The minimum atomic E-state index is -0.825. The maximum atomic E-state index is 10.7. The molecule has 19 heavy (non-hydrogen) atoms. The summed E-state index contributed by atoms with van der Waals surface area (Å²) >= 11 is 1.30. The summed E-state index contributed by atoms with van der Waals surface area (Å²) in [5.74, 6) is -0.0494. The fraction of sp³-hybridized carbons (Fsp3) is 0.286. The van der Waals surface area contributed by atoms with E-state index in [1.807, 2.05) is 38.1 Å². The first kappa shape index (κ1) is 13.7. The Morgan fingerprint density at radius 3 is 2.95 bits per heavy atom. The van der Waals surface area contributed by atoms with Gasteiger partial charge >= 0.3 is 5.97 Å². The Labute approximate surface area is 115 Å². The number of nitrogens with zero attached hydrogens (tertiary/aromatic N) is 1. The molecular weight excluding hydrogens is 262 g/mol. The summed E-state index contributed by atoms with van der Waals surface area (Å²) in [6.07, 6.45) is 0. The second-order valence-electron chi connectivity index (χ2n) is 4.03. The van der Waals surface area contributed by atoms with Gasteiger partial charge in [-0.2, -0.15) is 0 Å². The predicted molar refractivity (Wildman–Crippen MR) is 76.0 cm³/mol. The maximum Gasteiger partial charge on any atom is 0.313 e. The number of rotatable bonds is 5. The largest absolute Gasteiger partial charge is 0.492 e. The van der Waals surface area contributed by atoms with Crippen molar-refractivity contribution in [3.8, 4) is 5.75 Å². The van der Waals surface area contributed by atoms with Gasteiger partial charge in [-0.1, -0.05) is 12.1 Å². The summed E-state index contributed by atoms with van der Waals surface area (Å²) in [5, 5.41) is 9.73. The number of pyridine rings is 1. The Balaban J connectivity index is 2.51. The van der Waals surface area contributed by atoms with E-state index in [0.29, 0.717) is 6.61 Å². The molecule has 1 aromatic heterocycles. The molecule has 0 atom stereocenters. The number of benzene rings is 1. The molecular formula is C14H15NO3S. The Morgan fingerprint density at radius 2 is 2.26 bits per heavy atom. The maximum absolute atomic E-state index is 10.7. The van der Waals surface area contributed by atoms with Gasteiger partial charge in [0.15, 0.2) is 0 Å². The predicted octanol–water partition coefficient (Wildman–Crippen LogP) is 3.12. The van der Waals surface area contributed by atoms with Crippen molar-refractivity contribution in [1.82, 2.24) is 4.98 Å². The molecule has 0 bridgehead atoms. The SMILES string of the molecule is CCOc1cccc2c(SCC(=O)O)cc(C)nc12. The van der Waals surface area contributed by atoms with E-state index in [9.17, 15) is 4.79 Å². The van der Waals surface area contributed by atoms with Crippen LogP contribution in [0.4, 0.5) is 0 Å². The number of aryl methyl sites for hydroxylation is 1. The lowest BCUT2D eigenvalue weighted by molar-refractivity contribution is -0.133. The first-order valence-corrected chi connectivity index (χ1v) is 6.98. The van der Waals surface area contributed by atoms with Gasteiger partial charge in [-0.3, -0.25) is 4.79 Å². The minimum absolute atomic E-state index is 0.0391. The van der Waals surface area contributed by atoms with Crippen LogP contribution in [0.3, 0.4) is 0 Å². The molecule has 0 unspecified atom stereocenters. The van der Waals surface area contributed by atoms with Crippen molar-refractivity contribution in [3.63, 3.8) is 0 Å². The van der Waals surface area contributed by atoms with Crippen LogP contribution in [0, 0.1) is 6.92 Å². The smallest absolute Gasteiger partial charge is 0.313 e. The van der Waals surface area contributed by atoms with E-state index in [2.05, 4.69) is 4.98 Å². The molecule has 0 aliphatic carbocycles. The van der Waals surface area contributed by atoms with Crippen LogP contribution in [0.1, 0.15) is 12.6 Å². The number of aromatic nitrogens is 1. The number of thioether (sulfide) groups is 1. The summed E-state index contributed by atoms with van der Waals surface area (Å²) in [7, 11) is 0. The number of carboxylic acids is 1. The van der Waals surface area contributed by atoms with E-state index < -0.39 is 5.97 Å². The lowest BCUT2D eigenvalue weighted by Crippen LogP contribution is -1.99. The van der Waals surface area contributed by atoms with Crippen LogP contribution in [0.5, 0.6) is 5.75 Å². The molecule has 2 rings (SSSR count). The highest BCUT2D eigenvalue weighted by Gasteiger charge is 2.10. The Hall–Kier alpha value is -1.75. The molecule has 0 fully saturated rings. The highest BCUT2D eigenvalue weighted by Crippen LogP contribution is 2.32. The second-order valence-corrected chi connectivity index (χ2v) is 5.05. The van der Waals surface area contributed by atoms with Crippen molar-refractivity contribution in [3.05, 3.63) is 30.0 Å². The average molecular weight is 277 g/mol. The molecule has 0 amide bonds. The van der Waals surface area contributed by atoms with Gasteiger partial charge in [0.25, 0.3) is 0 Å². The third kappa shape index (κ3) is 3.17. The molecule has 0 aliphatic rings. The highest BCUT2D eigenvalue weighted by molar-refractivity contribution is 8.00. The lowest BCUT2D eigenvalue weighted by atomic mass is 10.2. The molecule has 1 heterocycles. The van der Waals surface area contributed by atoms with Gasteiger partial charge in [-0.05, 0) is 26.0 Å². The quantitative estimate of drug-likeness (QED) is 0.851. The number of carboxylic acid groups (broad SMARTS) is 1. The van der Waals surface area contributed by atoms with Crippen LogP contribution in [-0.2, 0) is 4.79 Å². The highest BCUT2D eigenvalue weighted by atomic mass is 32.2. The fourth-order valence-corrected chi connectivity index (χ4v) is 2.70. The van der Waals surface area contributed by atoms with E-state index in [-0.39, 0.29) is 5.75 Å². The van der Waals surface area contributed by atoms with Gasteiger partial charge in [0, 0.05) is 16.0 Å². The monoisotopic (exact) mass is 277 g/mol. The average Bonchev–Trinajstić information content (AvgIpc) is 2.37. The van der Waals surface area contributed by atoms with Crippen LogP contribution in [-0.4, -0.2) is 28.4 Å². The van der Waals surface area contributed by atoms with E-state index >= 15 is 0 Å². The number of fused-ring (bicyclic) bond motifs is 1. The van der Waals surface area contributed by atoms with E-state index in [1.54, 1.807) is 0 Å². The van der Waals surface area contributed by atoms with Crippen molar-refractivity contribution >= 4 is 28.6 Å². The molecule has 0 saturated heterocycles. The van der Waals surface area contributed by atoms with Gasteiger partial charge in [0.05, 0.1) is 12.4 Å². The number of para-hydroxylation sites is 1. The van der Waals surface area contributed by atoms with Crippen molar-refractivity contribution in [2.24, 2.45) is 0 Å². The molecule has 0 aliphatic heterocycles. The van der Waals surface area contributed by atoms with Crippen LogP contribution < -0.4 is 4.74 Å². The van der Waals surface area contributed by atoms with Crippen LogP contribution >= 0.6 is 11.8 Å². The van der Waals surface area contributed by atoms with Crippen molar-refractivity contribution in [1.29, 1.82) is 0 Å². The van der Waals surface area contributed by atoms with E-state index in [4.69, 9.17) is 9.84 Å². The molecule has 2 aromatic rings. The Bertz CT molecular complexity index is 613. The zero-order valence-electron chi connectivity index (χ0n) is 10.8. The topological polar surface area (TPSA) is 59.4 Å². The first-order chi connectivity index (χ1) is 9.11. The lowest BCUT2D eigenvalue weighted by Gasteiger charge is -2.10. The molecule has 1 aromatic carbocycles. The summed E-state index contributed by atoms with van der Waals surface area (Å²) in [6.45, 7) is 4.40. The molecule has 0 saturated carbocycles. The van der Waals surface area contributed by atoms with E-state index in [1.165, 1.54) is 11.8 Å². The van der Waals surface area contributed by atoms with E-state index in [0.717, 1.165) is 27.2 Å². The zero-order valence-corrected chi connectivity index (χ0v) is 11.7. The number of hydrogen-bond acceptors (Lipinski definition) is 4. The number of hydrogen-bond donors (Lipinski definition) is 1. The Kier molecular flexibility index (Phi) is 4.27. The summed E-state index contributed by atoms with van der Waals surface area (Å²) in [4.78, 5) is 16.1. The third-order valence-corrected chi connectivity index (χ3v) is 3.58. The second kappa shape index (κ2) is 5.93. The molecule has 1 N–H and O–H groups in total. The minimum Gasteiger partial charge on any atom is -0.492 e. The molecule has 0 spiro atoms. The normalized spacial score (nSPS) is 10.6. The fourth-order valence-electron chi connectivity index (χ4n) is 1.84. The molecule has 0 radical (unpaired) electrons. The van der Waals surface area contributed by atoms with Gasteiger partial charge in [0.2, 0.25) is 0 Å². The molecule has 5 heteroatoms. The van der Waals surface area contributed by atoms with Gasteiger partial charge in [0.1, 0.15) is 11.3 Å². The molecule has 4 nitrogen and oxygen atoms in total. The third-order valence-electron chi connectivity index (χ3n) is 2.54. The first-order valence-electron chi connectivity index (χ1n) is 5.99. The van der Waals surface area contributed by atoms with Gasteiger partial charge < -0.3 is 9.84 Å². The van der Waals surface area contributed by atoms with Crippen LogP contribution in [0.2, 0.25) is 0 Å². The zero-order chi connectivity index (χ0) is 13.8. The number of ether oxygens (including phenoxy) is 1. The van der Waals surface area contributed by atoms with Crippen molar-refractivity contribution in [2.75, 3.05) is 12.4 Å². The number of carbonyl (C=O) groups is 1. The summed E-state index contributed by atoms with van der Waals surface area (Å²) in [6, 6.07) is 7.62. The van der Waals surface area contributed by atoms with Crippen LogP contribution in [0.15, 0.2) is 29.2 Å². The molecule has 100 valence electrons. The number of aliphatic carboxylic acids is 1. The summed E-state index contributed by atoms with van der Waals surface area (Å²) in [5.41, 5.74) is 1.64. The van der Waals surface area contributed by atoms with Crippen LogP contribution in [0.25, 0.3) is 10.9 Å².